The van der Waals surface area contributed by atoms with Crippen LogP contribution in [0.3, 0.4) is 0 Å². The lowest BCUT2D eigenvalue weighted by Gasteiger charge is -2.30. The van der Waals surface area contributed by atoms with Crippen molar-refractivity contribution < 1.29 is 14.2 Å². The van der Waals surface area contributed by atoms with Gasteiger partial charge in [0.05, 0.1) is 0 Å². The predicted octanol–water partition coefficient (Wildman–Crippen LogP) is 2.43. The molecule has 6 heteroatoms. The van der Waals surface area contributed by atoms with Crippen LogP contribution in [-0.4, -0.2) is 21.2 Å². The van der Waals surface area contributed by atoms with Crippen LogP contribution in [0.4, 0.5) is 4.39 Å². The normalized spacial score (nSPS) is 18.0. The van der Waals surface area contributed by atoms with Crippen molar-refractivity contribution in [3.05, 3.63) is 46.5 Å². The summed E-state index contributed by atoms with van der Waals surface area (Å²) in [6.07, 6.45) is 1.33. The van der Waals surface area contributed by atoms with Crippen molar-refractivity contribution in [3.8, 4) is 0 Å². The minimum absolute atomic E-state index is 0.146. The zero-order valence-corrected chi connectivity index (χ0v) is 10.3. The molecule has 98 valence electrons. The van der Waals surface area contributed by atoms with Gasteiger partial charge in [-0.2, -0.15) is 0 Å². The molecule has 0 saturated heterocycles. The van der Waals surface area contributed by atoms with Crippen LogP contribution in [0.25, 0.3) is 0 Å². The van der Waals surface area contributed by atoms with E-state index < -0.39 is 0 Å². The first-order valence-electron chi connectivity index (χ1n) is 5.98. The van der Waals surface area contributed by atoms with Gasteiger partial charge >= 0.3 is 0 Å². The summed E-state index contributed by atoms with van der Waals surface area (Å²) in [5, 5.41) is 19.7. The van der Waals surface area contributed by atoms with E-state index in [1.165, 1.54) is 12.1 Å². The Kier molecular flexibility index (Phi) is 2.77. The highest BCUT2D eigenvalue weighted by Crippen LogP contribution is 2.38. The zero-order valence-electron chi connectivity index (χ0n) is 10.3. The van der Waals surface area contributed by atoms with Crippen molar-refractivity contribution in [3.63, 3.8) is 0 Å². The van der Waals surface area contributed by atoms with Gasteiger partial charge in [0, 0.05) is 6.42 Å². The molecule has 1 aromatic carbocycles. The minimum Gasteiger partial charge on any atom is -0.411 e. The van der Waals surface area contributed by atoms with Crippen molar-refractivity contribution in [2.45, 2.75) is 25.7 Å². The number of rotatable bonds is 3. The fourth-order valence-corrected chi connectivity index (χ4v) is 2.47. The third kappa shape index (κ3) is 1.99. The highest BCUT2D eigenvalue weighted by atomic mass is 19.1. The fraction of sp³-hybridized carbons (Fsp3) is 0.308. The molecule has 1 N–H and O–H groups in total. The summed E-state index contributed by atoms with van der Waals surface area (Å²) in [5.41, 5.74) is 3.55. The van der Waals surface area contributed by atoms with Crippen LogP contribution in [0.1, 0.15) is 34.9 Å². The van der Waals surface area contributed by atoms with E-state index in [-0.39, 0.29) is 11.7 Å². The van der Waals surface area contributed by atoms with Crippen molar-refractivity contribution in [1.29, 1.82) is 0 Å². The van der Waals surface area contributed by atoms with Crippen LogP contribution in [0.5, 0.6) is 0 Å². The van der Waals surface area contributed by atoms with Gasteiger partial charge in [0.25, 0.3) is 0 Å². The second-order valence-corrected chi connectivity index (χ2v) is 4.69. The van der Waals surface area contributed by atoms with E-state index in [4.69, 9.17) is 5.21 Å². The SMILES string of the molecule is Cc1nonc1/C(C[C@H]1Cc2ccc(F)cc21)=N/O. The smallest absolute Gasteiger partial charge is 0.155 e. The summed E-state index contributed by atoms with van der Waals surface area (Å²) >= 11 is 0. The van der Waals surface area contributed by atoms with E-state index in [0.717, 1.165) is 17.5 Å². The zero-order chi connectivity index (χ0) is 13.4. The highest BCUT2D eigenvalue weighted by Gasteiger charge is 2.29. The van der Waals surface area contributed by atoms with Crippen LogP contribution < -0.4 is 0 Å². The lowest BCUT2D eigenvalue weighted by molar-refractivity contribution is 0.301. The Morgan fingerprint density at radius 3 is 3.05 bits per heavy atom. The van der Waals surface area contributed by atoms with Crippen molar-refractivity contribution in [2.24, 2.45) is 5.16 Å². The quantitative estimate of drug-likeness (QED) is 0.523. The van der Waals surface area contributed by atoms with Crippen molar-refractivity contribution in [1.82, 2.24) is 10.3 Å². The van der Waals surface area contributed by atoms with Crippen LogP contribution in [0.2, 0.25) is 0 Å². The Labute approximate surface area is 108 Å². The van der Waals surface area contributed by atoms with E-state index in [0.29, 0.717) is 23.5 Å². The van der Waals surface area contributed by atoms with Gasteiger partial charge < -0.3 is 5.21 Å². The number of hydrogen-bond donors (Lipinski definition) is 1. The summed E-state index contributed by atoms with van der Waals surface area (Å²) in [7, 11) is 0. The lowest BCUT2D eigenvalue weighted by Crippen LogP contribution is -2.21. The Balaban J connectivity index is 1.82. The van der Waals surface area contributed by atoms with Gasteiger partial charge in [-0.1, -0.05) is 16.4 Å². The van der Waals surface area contributed by atoms with Crippen LogP contribution >= 0.6 is 0 Å². The largest absolute Gasteiger partial charge is 0.411 e. The number of benzene rings is 1. The molecule has 0 bridgehead atoms. The van der Waals surface area contributed by atoms with Gasteiger partial charge in [0.15, 0.2) is 5.69 Å². The number of fused-ring (bicyclic) bond motifs is 1. The van der Waals surface area contributed by atoms with Crippen LogP contribution in [0, 0.1) is 12.7 Å². The number of aryl methyl sites for hydroxylation is 1. The van der Waals surface area contributed by atoms with Gasteiger partial charge in [-0.3, -0.25) is 0 Å². The maximum absolute atomic E-state index is 13.2. The van der Waals surface area contributed by atoms with Gasteiger partial charge in [-0.05, 0) is 47.7 Å². The van der Waals surface area contributed by atoms with E-state index >= 15 is 0 Å². The standard InChI is InChI=1S/C13H12FN3O2/c1-7-13(17-19-16-7)12(15-18)5-9-4-8-2-3-10(14)6-11(8)9/h2-3,6,9,18H,4-5H2,1H3/b15-12+/t9-/m1/s1. The summed E-state index contributed by atoms with van der Waals surface area (Å²) in [4.78, 5) is 0. The second-order valence-electron chi connectivity index (χ2n) is 4.69. The molecule has 0 aliphatic heterocycles. The maximum atomic E-state index is 13.2. The molecule has 0 unspecified atom stereocenters. The number of oxime groups is 1. The molecule has 1 aromatic heterocycles. The lowest BCUT2D eigenvalue weighted by atomic mass is 9.74. The summed E-state index contributed by atoms with van der Waals surface area (Å²) in [6.45, 7) is 1.73. The molecule has 19 heavy (non-hydrogen) atoms. The monoisotopic (exact) mass is 261 g/mol. The first kappa shape index (κ1) is 11.8. The minimum atomic E-state index is -0.245. The van der Waals surface area contributed by atoms with E-state index in [2.05, 4.69) is 20.1 Å². The molecular weight excluding hydrogens is 249 g/mol. The Hall–Kier alpha value is -2.24. The summed E-state index contributed by atoms with van der Waals surface area (Å²) in [6, 6.07) is 4.79. The molecule has 0 fully saturated rings. The Morgan fingerprint density at radius 1 is 1.53 bits per heavy atom. The average molecular weight is 261 g/mol. The molecule has 1 heterocycles. The first-order chi connectivity index (χ1) is 9.19. The van der Waals surface area contributed by atoms with Gasteiger partial charge in [0.2, 0.25) is 0 Å². The third-order valence-electron chi connectivity index (χ3n) is 3.50. The molecule has 0 spiro atoms. The number of aromatic nitrogens is 2. The Morgan fingerprint density at radius 2 is 2.37 bits per heavy atom. The molecule has 1 aliphatic carbocycles. The van der Waals surface area contributed by atoms with Crippen molar-refractivity contribution in [2.75, 3.05) is 0 Å². The highest BCUT2D eigenvalue weighted by molar-refractivity contribution is 5.99. The van der Waals surface area contributed by atoms with Gasteiger partial charge in [-0.25, -0.2) is 9.02 Å². The molecule has 0 radical (unpaired) electrons. The van der Waals surface area contributed by atoms with Crippen LogP contribution in [-0.2, 0) is 6.42 Å². The summed E-state index contributed by atoms with van der Waals surface area (Å²) in [5.74, 6) is -0.0991. The van der Waals surface area contributed by atoms with Gasteiger partial charge in [0.1, 0.15) is 17.2 Å². The summed E-state index contributed by atoms with van der Waals surface area (Å²) < 4.78 is 17.8. The van der Waals surface area contributed by atoms with Crippen molar-refractivity contribution >= 4 is 5.71 Å². The molecule has 1 atom stereocenters. The molecule has 1 aliphatic rings. The Bertz CT molecular complexity index is 651. The molecular formula is C13H12FN3O2. The van der Waals surface area contributed by atoms with Gasteiger partial charge in [-0.15, -0.1) is 0 Å². The predicted molar refractivity (Wildman–Crippen MR) is 64.8 cm³/mol. The number of hydrogen-bond acceptors (Lipinski definition) is 5. The average Bonchev–Trinajstić information content (AvgIpc) is 2.80. The molecule has 3 rings (SSSR count). The molecule has 5 nitrogen and oxygen atoms in total. The first-order valence-corrected chi connectivity index (χ1v) is 5.98. The molecule has 0 amide bonds. The second kappa shape index (κ2) is 4.46. The number of nitrogens with zero attached hydrogens (tertiary/aromatic N) is 3. The topological polar surface area (TPSA) is 71.5 Å². The maximum Gasteiger partial charge on any atom is 0.155 e. The number of halogens is 1. The fourth-order valence-electron chi connectivity index (χ4n) is 2.47. The van der Waals surface area contributed by atoms with E-state index in [1.54, 1.807) is 13.0 Å². The molecule has 0 saturated carbocycles. The van der Waals surface area contributed by atoms with E-state index in [9.17, 15) is 4.39 Å². The van der Waals surface area contributed by atoms with Crippen LogP contribution in [0.15, 0.2) is 28.0 Å². The van der Waals surface area contributed by atoms with E-state index in [1.807, 2.05) is 0 Å². The third-order valence-corrected chi connectivity index (χ3v) is 3.50. The molecule has 2 aromatic rings.